The van der Waals surface area contributed by atoms with Gasteiger partial charge >= 0.3 is 5.97 Å². The number of carbonyl (C=O) groups is 2. The molecule has 0 unspecified atom stereocenters. The molecule has 0 spiro atoms. The molecule has 4 aromatic rings. The van der Waals surface area contributed by atoms with Gasteiger partial charge in [0.2, 0.25) is 0 Å². The number of rotatable bonds is 7. The summed E-state index contributed by atoms with van der Waals surface area (Å²) >= 11 is 2.79. The van der Waals surface area contributed by atoms with Crippen LogP contribution in [0.25, 0.3) is 10.4 Å². The van der Waals surface area contributed by atoms with Gasteiger partial charge in [-0.2, -0.15) is 0 Å². The summed E-state index contributed by atoms with van der Waals surface area (Å²) in [4.78, 5) is 32.8. The second-order valence-electron chi connectivity index (χ2n) is 6.63. The van der Waals surface area contributed by atoms with Gasteiger partial charge in [-0.1, -0.05) is 23.9 Å². The fourth-order valence-electron chi connectivity index (χ4n) is 2.86. The van der Waals surface area contributed by atoms with Crippen molar-refractivity contribution in [3.05, 3.63) is 84.1 Å². The Morgan fingerprint density at radius 1 is 1.06 bits per heavy atom. The number of thiazole rings is 1. The summed E-state index contributed by atoms with van der Waals surface area (Å²) < 4.78 is 19.7. The molecule has 2 heterocycles. The summed E-state index contributed by atoms with van der Waals surface area (Å²) in [6.45, 7) is 0. The minimum atomic E-state index is -1.15. The van der Waals surface area contributed by atoms with Crippen molar-refractivity contribution in [2.45, 2.75) is 4.34 Å². The van der Waals surface area contributed by atoms with Crippen LogP contribution >= 0.6 is 23.1 Å². The van der Waals surface area contributed by atoms with E-state index in [1.54, 1.807) is 42.5 Å². The molecule has 0 saturated heterocycles. The second-order valence-corrected chi connectivity index (χ2v) is 8.68. The van der Waals surface area contributed by atoms with Crippen LogP contribution in [0.1, 0.15) is 21.0 Å². The lowest BCUT2D eigenvalue weighted by atomic mass is 10.1. The number of hydrogen-bond donors (Lipinski definition) is 2. The van der Waals surface area contributed by atoms with Gasteiger partial charge < -0.3 is 15.2 Å². The number of thioether (sulfide) groups is 1. The maximum atomic E-state index is 13.3. The summed E-state index contributed by atoms with van der Waals surface area (Å²) in [5.41, 5.74) is 1.37. The lowest BCUT2D eigenvalue weighted by Gasteiger charge is -2.08. The number of halogens is 1. The largest absolute Gasteiger partial charge is 0.477 e. The van der Waals surface area contributed by atoms with Gasteiger partial charge in [0.25, 0.3) is 5.91 Å². The molecule has 0 saturated carbocycles. The molecule has 1 amide bonds. The zero-order chi connectivity index (χ0) is 23.4. The number of amides is 1. The third-order valence-corrected chi connectivity index (χ3v) is 6.49. The molecule has 0 radical (unpaired) electrons. The zero-order valence-corrected chi connectivity index (χ0v) is 18.7. The summed E-state index contributed by atoms with van der Waals surface area (Å²) in [5, 5.41) is 11.8. The molecule has 166 valence electrons. The fourth-order valence-corrected chi connectivity index (χ4v) is 4.43. The van der Waals surface area contributed by atoms with Crippen LogP contribution in [0, 0.1) is 5.82 Å². The van der Waals surface area contributed by atoms with E-state index in [1.165, 1.54) is 47.5 Å². The Labute approximate surface area is 196 Å². The minimum absolute atomic E-state index is 0.124. The molecule has 0 aliphatic heterocycles. The first-order chi connectivity index (χ1) is 15.9. The number of carbonyl (C=O) groups excluding carboxylic acids is 1. The van der Waals surface area contributed by atoms with E-state index in [0.717, 1.165) is 4.34 Å². The van der Waals surface area contributed by atoms with Crippen LogP contribution in [-0.2, 0) is 0 Å². The van der Waals surface area contributed by atoms with Gasteiger partial charge in [-0.25, -0.2) is 19.2 Å². The van der Waals surface area contributed by atoms with Crippen molar-refractivity contribution >= 4 is 40.7 Å². The van der Waals surface area contributed by atoms with Crippen LogP contribution < -0.4 is 10.1 Å². The van der Waals surface area contributed by atoms with E-state index < -0.39 is 5.97 Å². The third kappa shape index (κ3) is 5.36. The van der Waals surface area contributed by atoms with Crippen molar-refractivity contribution < 1.29 is 23.8 Å². The number of nitrogens with one attached hydrogen (secondary N) is 1. The van der Waals surface area contributed by atoms with E-state index >= 15 is 0 Å². The van der Waals surface area contributed by atoms with Crippen molar-refractivity contribution in [3.8, 4) is 21.9 Å². The number of nitrogens with zero attached hydrogens (tertiary/aromatic N) is 2. The number of ether oxygens (including phenoxy) is 1. The van der Waals surface area contributed by atoms with E-state index in [2.05, 4.69) is 15.3 Å². The van der Waals surface area contributed by atoms with Crippen LogP contribution in [-0.4, -0.2) is 33.2 Å². The summed E-state index contributed by atoms with van der Waals surface area (Å²) in [7, 11) is 0. The Balaban J connectivity index is 1.50. The third-order valence-electron chi connectivity index (χ3n) is 4.40. The lowest BCUT2D eigenvalue weighted by molar-refractivity contribution is 0.0690. The molecule has 4 rings (SSSR count). The van der Waals surface area contributed by atoms with Gasteiger partial charge in [0.05, 0.1) is 4.88 Å². The Bertz CT molecular complexity index is 1310. The van der Waals surface area contributed by atoms with Gasteiger partial charge in [-0.3, -0.25) is 4.79 Å². The van der Waals surface area contributed by atoms with Crippen molar-refractivity contribution in [2.75, 3.05) is 11.6 Å². The lowest BCUT2D eigenvalue weighted by Crippen LogP contribution is -2.13. The topological polar surface area (TPSA) is 101 Å². The standard InChI is InChI=1S/C23H16FN3O4S2/c1-32-23-27-19(20(33-23)13-2-4-14(24)5-3-13)21(28)26-15-6-8-16(9-7-15)31-17-10-11-25-18(12-17)22(29)30/h2-12H,1H3,(H,26,28)(H,29,30). The number of benzene rings is 2. The molecular weight excluding hydrogens is 465 g/mol. The molecule has 0 aliphatic carbocycles. The minimum Gasteiger partial charge on any atom is -0.477 e. The average molecular weight is 482 g/mol. The SMILES string of the molecule is CSc1nc(C(=O)Nc2ccc(Oc3ccnc(C(=O)O)c3)cc2)c(-c2ccc(F)cc2)s1. The number of carboxylic acid groups (broad SMARTS) is 1. The molecular formula is C23H16FN3O4S2. The molecule has 2 aromatic heterocycles. The average Bonchev–Trinajstić information content (AvgIpc) is 3.26. The van der Waals surface area contributed by atoms with Crippen molar-refractivity contribution in [3.63, 3.8) is 0 Å². The van der Waals surface area contributed by atoms with Gasteiger partial charge in [-0.15, -0.1) is 11.3 Å². The van der Waals surface area contributed by atoms with Crippen LogP contribution in [0.15, 0.2) is 71.2 Å². The quantitative estimate of drug-likeness (QED) is 0.321. The molecule has 0 aliphatic rings. The van der Waals surface area contributed by atoms with Gasteiger partial charge in [0, 0.05) is 18.0 Å². The molecule has 0 bridgehead atoms. The molecule has 7 nitrogen and oxygen atoms in total. The van der Waals surface area contributed by atoms with E-state index in [9.17, 15) is 14.0 Å². The van der Waals surface area contributed by atoms with Gasteiger partial charge in [0.15, 0.2) is 10.0 Å². The predicted molar refractivity (Wildman–Crippen MR) is 125 cm³/mol. The zero-order valence-electron chi connectivity index (χ0n) is 17.1. The van der Waals surface area contributed by atoms with Gasteiger partial charge in [-0.05, 0) is 54.3 Å². The predicted octanol–water partition coefficient (Wildman–Crippen LogP) is 5.81. The van der Waals surface area contributed by atoms with E-state index in [0.29, 0.717) is 27.6 Å². The first-order valence-electron chi connectivity index (χ1n) is 9.52. The van der Waals surface area contributed by atoms with Crippen LogP contribution in [0.3, 0.4) is 0 Å². The Morgan fingerprint density at radius 3 is 2.45 bits per heavy atom. The van der Waals surface area contributed by atoms with Crippen LogP contribution in [0.5, 0.6) is 11.5 Å². The molecule has 2 N–H and O–H groups in total. The van der Waals surface area contributed by atoms with E-state index in [4.69, 9.17) is 9.84 Å². The van der Waals surface area contributed by atoms with E-state index in [1.807, 2.05) is 6.26 Å². The molecule has 10 heteroatoms. The van der Waals surface area contributed by atoms with Gasteiger partial charge in [0.1, 0.15) is 23.0 Å². The maximum absolute atomic E-state index is 13.3. The highest BCUT2D eigenvalue weighted by Gasteiger charge is 2.20. The Morgan fingerprint density at radius 2 is 1.79 bits per heavy atom. The van der Waals surface area contributed by atoms with Crippen molar-refractivity contribution in [1.82, 2.24) is 9.97 Å². The number of hydrogen-bond acceptors (Lipinski definition) is 7. The molecule has 2 aromatic carbocycles. The van der Waals surface area contributed by atoms with Crippen molar-refractivity contribution in [1.29, 1.82) is 0 Å². The highest BCUT2D eigenvalue weighted by Crippen LogP contribution is 2.35. The fraction of sp³-hybridized carbons (Fsp3) is 0.0435. The number of aromatic carboxylic acids is 1. The molecule has 0 atom stereocenters. The Hall–Kier alpha value is -3.76. The number of carboxylic acids is 1. The molecule has 33 heavy (non-hydrogen) atoms. The van der Waals surface area contributed by atoms with E-state index in [-0.39, 0.29) is 23.1 Å². The smallest absolute Gasteiger partial charge is 0.354 e. The number of pyridine rings is 1. The number of aromatic nitrogens is 2. The van der Waals surface area contributed by atoms with Crippen molar-refractivity contribution in [2.24, 2.45) is 0 Å². The number of anilines is 1. The van der Waals surface area contributed by atoms with Crippen LogP contribution in [0.4, 0.5) is 10.1 Å². The first-order valence-corrected chi connectivity index (χ1v) is 11.6. The summed E-state index contributed by atoms with van der Waals surface area (Å²) in [6, 6.07) is 15.4. The normalized spacial score (nSPS) is 10.6. The summed E-state index contributed by atoms with van der Waals surface area (Å²) in [6.07, 6.45) is 3.22. The monoisotopic (exact) mass is 481 g/mol. The van der Waals surface area contributed by atoms with Crippen LogP contribution in [0.2, 0.25) is 0 Å². The maximum Gasteiger partial charge on any atom is 0.354 e. The Kier molecular flexibility index (Phi) is 6.66. The second kappa shape index (κ2) is 9.80. The first kappa shape index (κ1) is 22.4. The molecule has 0 fully saturated rings. The summed E-state index contributed by atoms with van der Waals surface area (Å²) in [5.74, 6) is -1.10. The highest BCUT2D eigenvalue weighted by molar-refractivity contribution is 8.00. The highest BCUT2D eigenvalue weighted by atomic mass is 32.2.